The zero-order valence-corrected chi connectivity index (χ0v) is 22.6. The van der Waals surface area contributed by atoms with Crippen molar-refractivity contribution in [3.05, 3.63) is 36.5 Å². The minimum atomic E-state index is -0.358. The van der Waals surface area contributed by atoms with Crippen molar-refractivity contribution in [2.45, 2.75) is 149 Å². The molecule has 194 valence electrons. The van der Waals surface area contributed by atoms with Crippen molar-refractivity contribution in [1.82, 2.24) is 0 Å². The summed E-state index contributed by atoms with van der Waals surface area (Å²) in [6.45, 7) is 8.51. The van der Waals surface area contributed by atoms with Gasteiger partial charge in [0.15, 0.2) is 12.7 Å². The third kappa shape index (κ3) is 16.9. The largest absolute Gasteiger partial charge is 0.375 e. The van der Waals surface area contributed by atoms with Crippen LogP contribution in [0.15, 0.2) is 36.5 Å². The lowest BCUT2D eigenvalue weighted by Crippen LogP contribution is -2.36. The molecule has 0 aliphatic heterocycles. The first-order valence-corrected chi connectivity index (χ1v) is 14.5. The molecule has 1 heterocycles. The van der Waals surface area contributed by atoms with Crippen molar-refractivity contribution in [3.63, 3.8) is 0 Å². The van der Waals surface area contributed by atoms with Gasteiger partial charge in [0.25, 0.3) is 0 Å². The molecule has 0 saturated carbocycles. The third-order valence-electron chi connectivity index (χ3n) is 6.70. The fourth-order valence-electron chi connectivity index (χ4n) is 4.46. The summed E-state index contributed by atoms with van der Waals surface area (Å²) in [7, 11) is 0. The van der Waals surface area contributed by atoms with E-state index in [4.69, 9.17) is 4.74 Å². The average molecular weight is 473 g/mol. The molecule has 1 rings (SSSR count). The van der Waals surface area contributed by atoms with E-state index in [9.17, 15) is 4.79 Å². The Morgan fingerprint density at radius 2 is 1.12 bits per heavy atom. The Labute approximate surface area is 211 Å². The highest BCUT2D eigenvalue weighted by Crippen LogP contribution is 2.15. The molecule has 0 N–H and O–H groups in total. The van der Waals surface area contributed by atoms with E-state index >= 15 is 0 Å². The highest BCUT2D eigenvalue weighted by Gasteiger charge is 2.15. The first-order chi connectivity index (χ1) is 16.6. The van der Waals surface area contributed by atoms with Crippen LogP contribution in [-0.2, 0) is 11.3 Å². The third-order valence-corrected chi connectivity index (χ3v) is 6.70. The van der Waals surface area contributed by atoms with Crippen LogP contribution in [0.4, 0.5) is 0 Å². The van der Waals surface area contributed by atoms with Gasteiger partial charge in [-0.25, -0.2) is 4.79 Å². The van der Waals surface area contributed by atoms with E-state index in [0.717, 1.165) is 13.0 Å². The molecule has 1 aromatic heterocycles. The highest BCUT2D eigenvalue weighted by atomic mass is 16.5. The van der Waals surface area contributed by atoms with E-state index in [1.54, 1.807) is 6.92 Å². The number of rotatable bonds is 23. The SMILES string of the molecule is C=C(C)C(=O)Oc1cccc[n+]1CCCCCCCCCCCCCCCCCCCCCC. The van der Waals surface area contributed by atoms with E-state index in [0.29, 0.717) is 11.5 Å². The molecule has 0 radical (unpaired) electrons. The van der Waals surface area contributed by atoms with Gasteiger partial charge in [-0.15, -0.1) is 0 Å². The lowest BCUT2D eigenvalue weighted by molar-refractivity contribution is -0.700. The van der Waals surface area contributed by atoms with Crippen molar-refractivity contribution in [2.24, 2.45) is 0 Å². The Hall–Kier alpha value is -1.64. The van der Waals surface area contributed by atoms with Crippen LogP contribution in [0.1, 0.15) is 142 Å². The molecule has 0 aliphatic rings. The van der Waals surface area contributed by atoms with Crippen molar-refractivity contribution in [1.29, 1.82) is 0 Å². The van der Waals surface area contributed by atoms with Gasteiger partial charge in [-0.05, 0) is 19.4 Å². The second-order valence-corrected chi connectivity index (χ2v) is 10.1. The summed E-state index contributed by atoms with van der Waals surface area (Å²) in [4.78, 5) is 11.8. The van der Waals surface area contributed by atoms with Crippen LogP contribution in [0, 0.1) is 0 Å². The number of nitrogens with zero attached hydrogens (tertiary/aromatic N) is 1. The number of unbranched alkanes of at least 4 members (excludes halogenated alkanes) is 19. The first-order valence-electron chi connectivity index (χ1n) is 14.5. The number of esters is 1. The maximum atomic E-state index is 11.8. The fourth-order valence-corrected chi connectivity index (χ4v) is 4.46. The molecule has 34 heavy (non-hydrogen) atoms. The molecule has 0 fully saturated rings. The van der Waals surface area contributed by atoms with Crippen molar-refractivity contribution < 1.29 is 14.1 Å². The van der Waals surface area contributed by atoms with Crippen LogP contribution in [0.3, 0.4) is 0 Å². The zero-order chi connectivity index (χ0) is 24.7. The van der Waals surface area contributed by atoms with Crippen LogP contribution >= 0.6 is 0 Å². The van der Waals surface area contributed by atoms with Crippen LogP contribution < -0.4 is 9.30 Å². The predicted octanol–water partition coefficient (Wildman–Crippen LogP) is 9.28. The number of carbonyl (C=O) groups is 1. The quantitative estimate of drug-likeness (QED) is 0.0687. The second-order valence-electron chi connectivity index (χ2n) is 10.1. The number of ether oxygens (including phenoxy) is 1. The molecule has 0 atom stereocenters. The van der Waals surface area contributed by atoms with Gasteiger partial charge in [-0.3, -0.25) is 0 Å². The monoisotopic (exact) mass is 472 g/mol. The Bertz CT molecular complexity index is 640. The van der Waals surface area contributed by atoms with Crippen LogP contribution in [0.5, 0.6) is 5.88 Å². The minimum Gasteiger partial charge on any atom is -0.367 e. The molecule has 0 spiro atoms. The standard InChI is InChI=1S/C31H54NO2/c1-4-5-6-7-8-9-10-11-12-13-14-15-16-17-18-19-20-21-22-24-27-32-28-25-23-26-30(32)34-31(33)29(2)3/h23,25-26,28H,2,4-22,24,27H2,1,3H3/q+1. The summed E-state index contributed by atoms with van der Waals surface area (Å²) in [5.74, 6) is 0.247. The normalized spacial score (nSPS) is 11.0. The number of aryl methyl sites for hydroxylation is 1. The molecule has 0 unspecified atom stereocenters. The summed E-state index contributed by atoms with van der Waals surface area (Å²) in [5.41, 5.74) is 0.425. The lowest BCUT2D eigenvalue weighted by Gasteiger charge is -2.05. The van der Waals surface area contributed by atoms with Crippen molar-refractivity contribution in [3.8, 4) is 5.88 Å². The minimum absolute atomic E-state index is 0.358. The van der Waals surface area contributed by atoms with Gasteiger partial charge in [0.2, 0.25) is 0 Å². The molecule has 0 aromatic carbocycles. The van der Waals surface area contributed by atoms with E-state index in [-0.39, 0.29) is 5.97 Å². The average Bonchev–Trinajstić information content (AvgIpc) is 2.83. The van der Waals surface area contributed by atoms with E-state index in [2.05, 4.69) is 13.5 Å². The van der Waals surface area contributed by atoms with Crippen molar-refractivity contribution >= 4 is 5.97 Å². The number of pyridine rings is 1. The van der Waals surface area contributed by atoms with Gasteiger partial charge in [-0.2, -0.15) is 4.57 Å². The van der Waals surface area contributed by atoms with Crippen LogP contribution in [0.25, 0.3) is 0 Å². The van der Waals surface area contributed by atoms with Crippen LogP contribution in [0.2, 0.25) is 0 Å². The molecule has 0 aliphatic carbocycles. The van der Waals surface area contributed by atoms with Gasteiger partial charge in [0, 0.05) is 18.1 Å². The van der Waals surface area contributed by atoms with Gasteiger partial charge in [0.05, 0.1) is 6.07 Å². The number of hydrogen-bond donors (Lipinski definition) is 0. The fraction of sp³-hybridized carbons (Fsp3) is 0.742. The van der Waals surface area contributed by atoms with Gasteiger partial charge < -0.3 is 4.74 Å². The van der Waals surface area contributed by atoms with Crippen LogP contribution in [-0.4, -0.2) is 5.97 Å². The highest BCUT2D eigenvalue weighted by molar-refractivity contribution is 5.88. The maximum absolute atomic E-state index is 11.8. The predicted molar refractivity (Wildman–Crippen MR) is 145 cm³/mol. The number of aromatic nitrogens is 1. The smallest absolute Gasteiger partial charge is 0.367 e. The summed E-state index contributed by atoms with van der Waals surface area (Å²) in [6, 6.07) is 5.72. The molecule has 1 aromatic rings. The first kappa shape index (κ1) is 30.4. The van der Waals surface area contributed by atoms with E-state index in [1.807, 2.05) is 29.0 Å². The molecular weight excluding hydrogens is 418 g/mol. The Balaban J connectivity index is 1.87. The van der Waals surface area contributed by atoms with E-state index in [1.165, 1.54) is 122 Å². The Morgan fingerprint density at radius 1 is 0.706 bits per heavy atom. The molecular formula is C31H54NO2+. The summed E-state index contributed by atoms with van der Waals surface area (Å²) >= 11 is 0. The molecule has 0 amide bonds. The van der Waals surface area contributed by atoms with Gasteiger partial charge in [0.1, 0.15) is 0 Å². The Morgan fingerprint density at radius 3 is 1.53 bits per heavy atom. The van der Waals surface area contributed by atoms with Crippen molar-refractivity contribution in [2.75, 3.05) is 0 Å². The molecule has 3 heteroatoms. The topological polar surface area (TPSA) is 30.2 Å². The summed E-state index contributed by atoms with van der Waals surface area (Å²) in [5, 5.41) is 0. The molecule has 3 nitrogen and oxygen atoms in total. The lowest BCUT2D eigenvalue weighted by atomic mass is 10.0. The number of carbonyl (C=O) groups excluding carboxylic acids is 1. The van der Waals surface area contributed by atoms with Gasteiger partial charge in [-0.1, -0.05) is 129 Å². The summed E-state index contributed by atoms with van der Waals surface area (Å²) in [6.07, 6.45) is 29.9. The zero-order valence-electron chi connectivity index (χ0n) is 22.6. The summed E-state index contributed by atoms with van der Waals surface area (Å²) < 4.78 is 7.45. The number of hydrogen-bond acceptors (Lipinski definition) is 2. The van der Waals surface area contributed by atoms with E-state index < -0.39 is 0 Å². The molecule has 0 bridgehead atoms. The Kier molecular flexibility index (Phi) is 19.5. The maximum Gasteiger partial charge on any atom is 0.375 e. The second kappa shape index (κ2) is 21.9. The molecule has 0 saturated heterocycles. The van der Waals surface area contributed by atoms with Gasteiger partial charge >= 0.3 is 11.8 Å².